The fraction of sp³-hybridized carbons (Fsp3) is 0.333. The Kier molecular flexibility index (Phi) is 4.74. The number of furan rings is 1. The van der Waals surface area contributed by atoms with Crippen molar-refractivity contribution in [3.05, 3.63) is 46.5 Å². The second-order valence-corrected chi connectivity index (χ2v) is 5.69. The predicted molar refractivity (Wildman–Crippen MR) is 84.8 cm³/mol. The maximum atomic E-state index is 11.9. The number of nitrogens with one attached hydrogen (secondary N) is 1. The second-order valence-electron chi connectivity index (χ2n) is 4.91. The average molecular weight is 366 g/mol. The third-order valence-corrected chi connectivity index (χ3v) is 3.82. The molecule has 0 saturated carbocycles. The van der Waals surface area contributed by atoms with Gasteiger partial charge >= 0.3 is 0 Å². The molecule has 3 heterocycles. The maximum absolute atomic E-state index is 11.9. The first-order valence-corrected chi connectivity index (χ1v) is 7.83. The van der Waals surface area contributed by atoms with Crippen molar-refractivity contribution in [2.24, 2.45) is 0 Å². The first-order chi connectivity index (χ1) is 10.7. The first-order valence-electron chi connectivity index (χ1n) is 7.03. The minimum atomic E-state index is -0.240. The summed E-state index contributed by atoms with van der Waals surface area (Å²) in [6, 6.07) is 7.20. The van der Waals surface area contributed by atoms with Gasteiger partial charge in [0.1, 0.15) is 5.82 Å². The Morgan fingerprint density at radius 2 is 2.14 bits per heavy atom. The Morgan fingerprint density at radius 3 is 2.86 bits per heavy atom. The summed E-state index contributed by atoms with van der Waals surface area (Å²) in [6.07, 6.45) is 1.76. The van der Waals surface area contributed by atoms with Gasteiger partial charge in [0.05, 0.1) is 13.2 Å². The zero-order valence-corrected chi connectivity index (χ0v) is 13.5. The van der Waals surface area contributed by atoms with Crippen LogP contribution < -0.4 is 10.2 Å². The van der Waals surface area contributed by atoms with Crippen LogP contribution in [0.2, 0.25) is 0 Å². The number of halogens is 1. The number of ether oxygens (including phenoxy) is 1. The van der Waals surface area contributed by atoms with Gasteiger partial charge in [0.15, 0.2) is 10.4 Å². The van der Waals surface area contributed by atoms with Crippen LogP contribution in [0.5, 0.6) is 0 Å². The molecule has 1 saturated heterocycles. The zero-order chi connectivity index (χ0) is 15.4. The molecule has 1 N–H and O–H groups in total. The summed E-state index contributed by atoms with van der Waals surface area (Å²) in [4.78, 5) is 18.5. The number of rotatable bonds is 4. The van der Waals surface area contributed by atoms with Crippen molar-refractivity contribution in [3.63, 3.8) is 0 Å². The maximum Gasteiger partial charge on any atom is 0.287 e. The van der Waals surface area contributed by atoms with Crippen molar-refractivity contribution in [1.29, 1.82) is 0 Å². The molecule has 1 fully saturated rings. The van der Waals surface area contributed by atoms with Crippen LogP contribution in [0, 0.1) is 0 Å². The van der Waals surface area contributed by atoms with Crippen LogP contribution in [-0.4, -0.2) is 37.2 Å². The average Bonchev–Trinajstić information content (AvgIpc) is 3.00. The van der Waals surface area contributed by atoms with Crippen LogP contribution >= 0.6 is 15.9 Å². The van der Waals surface area contributed by atoms with E-state index >= 15 is 0 Å². The molecule has 0 radical (unpaired) electrons. The van der Waals surface area contributed by atoms with Gasteiger partial charge < -0.3 is 19.4 Å². The monoisotopic (exact) mass is 365 g/mol. The molecule has 2 aromatic rings. The molecule has 7 heteroatoms. The van der Waals surface area contributed by atoms with Gasteiger partial charge in [-0.2, -0.15) is 0 Å². The summed E-state index contributed by atoms with van der Waals surface area (Å²) in [5.41, 5.74) is 0.996. The van der Waals surface area contributed by atoms with Crippen LogP contribution in [0.25, 0.3) is 0 Å². The molecule has 6 nitrogen and oxygen atoms in total. The number of carbonyl (C=O) groups is 1. The largest absolute Gasteiger partial charge is 0.444 e. The van der Waals surface area contributed by atoms with E-state index in [0.29, 0.717) is 11.2 Å². The van der Waals surface area contributed by atoms with E-state index in [1.165, 1.54) is 0 Å². The standard InChI is InChI=1S/C15H16BrN3O3/c16-13-2-1-12(22-13)15(20)18-10-11-3-4-17-14(9-11)19-5-7-21-8-6-19/h1-4,9H,5-8,10H2,(H,18,20). The third-order valence-electron chi connectivity index (χ3n) is 3.40. The lowest BCUT2D eigenvalue weighted by atomic mass is 10.2. The summed E-state index contributed by atoms with van der Waals surface area (Å²) in [6.45, 7) is 3.54. The number of carbonyl (C=O) groups excluding carboxylic acids is 1. The van der Waals surface area contributed by atoms with Crippen molar-refractivity contribution < 1.29 is 13.9 Å². The van der Waals surface area contributed by atoms with Crippen LogP contribution in [0.1, 0.15) is 16.1 Å². The van der Waals surface area contributed by atoms with Crippen LogP contribution in [0.4, 0.5) is 5.82 Å². The van der Waals surface area contributed by atoms with Gasteiger partial charge in [0.2, 0.25) is 0 Å². The molecule has 2 aromatic heterocycles. The summed E-state index contributed by atoms with van der Waals surface area (Å²) in [5.74, 6) is 0.959. The summed E-state index contributed by atoms with van der Waals surface area (Å²) in [7, 11) is 0. The van der Waals surface area contributed by atoms with Crippen molar-refractivity contribution in [1.82, 2.24) is 10.3 Å². The highest BCUT2D eigenvalue weighted by Crippen LogP contribution is 2.16. The Balaban J connectivity index is 1.61. The Morgan fingerprint density at radius 1 is 1.32 bits per heavy atom. The van der Waals surface area contributed by atoms with Gasteiger partial charge in [-0.05, 0) is 45.8 Å². The lowest BCUT2D eigenvalue weighted by molar-refractivity contribution is 0.0922. The fourth-order valence-electron chi connectivity index (χ4n) is 2.24. The van der Waals surface area contributed by atoms with E-state index in [0.717, 1.165) is 37.7 Å². The number of hydrogen-bond donors (Lipinski definition) is 1. The van der Waals surface area contributed by atoms with Crippen LogP contribution in [-0.2, 0) is 11.3 Å². The van der Waals surface area contributed by atoms with Crippen molar-refractivity contribution >= 4 is 27.7 Å². The normalized spacial score (nSPS) is 14.9. The van der Waals surface area contributed by atoms with E-state index in [1.807, 2.05) is 12.1 Å². The SMILES string of the molecule is O=C(NCc1ccnc(N2CCOCC2)c1)c1ccc(Br)o1. The van der Waals surface area contributed by atoms with E-state index in [4.69, 9.17) is 9.15 Å². The molecule has 1 amide bonds. The van der Waals surface area contributed by atoms with Crippen LogP contribution in [0.15, 0.2) is 39.5 Å². The molecule has 0 aromatic carbocycles. The van der Waals surface area contributed by atoms with Gasteiger partial charge in [-0.3, -0.25) is 4.79 Å². The molecule has 0 spiro atoms. The molecule has 1 aliphatic rings. The lowest BCUT2D eigenvalue weighted by Crippen LogP contribution is -2.36. The topological polar surface area (TPSA) is 67.6 Å². The fourth-order valence-corrected chi connectivity index (χ4v) is 2.55. The third kappa shape index (κ3) is 3.66. The number of pyridine rings is 1. The first kappa shape index (κ1) is 15.1. The van der Waals surface area contributed by atoms with E-state index in [1.54, 1.807) is 18.3 Å². The molecule has 22 heavy (non-hydrogen) atoms. The quantitative estimate of drug-likeness (QED) is 0.899. The predicted octanol–water partition coefficient (Wildman–Crippen LogP) is 2.20. The molecular formula is C15H16BrN3O3. The number of hydrogen-bond acceptors (Lipinski definition) is 5. The van der Waals surface area contributed by atoms with Gasteiger partial charge in [-0.25, -0.2) is 4.98 Å². The van der Waals surface area contributed by atoms with Crippen molar-refractivity contribution in [2.75, 3.05) is 31.2 Å². The molecule has 116 valence electrons. The van der Waals surface area contributed by atoms with E-state index in [-0.39, 0.29) is 11.7 Å². The molecule has 0 aliphatic carbocycles. The highest BCUT2D eigenvalue weighted by molar-refractivity contribution is 9.10. The summed E-state index contributed by atoms with van der Waals surface area (Å²) >= 11 is 3.18. The van der Waals surface area contributed by atoms with Gasteiger partial charge in [-0.15, -0.1) is 0 Å². The molecular weight excluding hydrogens is 350 g/mol. The van der Waals surface area contributed by atoms with E-state index in [9.17, 15) is 4.79 Å². The Labute approximate surface area is 136 Å². The molecule has 1 aliphatic heterocycles. The number of anilines is 1. The van der Waals surface area contributed by atoms with Crippen molar-refractivity contribution in [2.45, 2.75) is 6.54 Å². The zero-order valence-electron chi connectivity index (χ0n) is 11.9. The smallest absolute Gasteiger partial charge is 0.287 e. The van der Waals surface area contributed by atoms with Gasteiger partial charge in [-0.1, -0.05) is 0 Å². The second kappa shape index (κ2) is 6.93. The minimum Gasteiger partial charge on any atom is -0.444 e. The Hall–Kier alpha value is -1.86. The Bertz CT molecular complexity index is 653. The molecule has 0 atom stereocenters. The number of morpholine rings is 1. The van der Waals surface area contributed by atoms with E-state index in [2.05, 4.69) is 31.1 Å². The molecule has 3 rings (SSSR count). The highest BCUT2D eigenvalue weighted by Gasteiger charge is 2.13. The molecule has 0 bridgehead atoms. The van der Waals surface area contributed by atoms with Crippen LogP contribution in [0.3, 0.4) is 0 Å². The number of nitrogens with zero attached hydrogens (tertiary/aromatic N) is 2. The number of aromatic nitrogens is 1. The van der Waals surface area contributed by atoms with E-state index < -0.39 is 0 Å². The molecule has 0 unspecified atom stereocenters. The summed E-state index contributed by atoms with van der Waals surface area (Å²) in [5, 5.41) is 2.83. The van der Waals surface area contributed by atoms with Gasteiger partial charge in [0, 0.05) is 25.8 Å². The van der Waals surface area contributed by atoms with Gasteiger partial charge in [0.25, 0.3) is 5.91 Å². The lowest BCUT2D eigenvalue weighted by Gasteiger charge is -2.28. The minimum absolute atomic E-state index is 0.240. The highest BCUT2D eigenvalue weighted by atomic mass is 79.9. The number of amides is 1. The van der Waals surface area contributed by atoms with Crippen molar-refractivity contribution in [3.8, 4) is 0 Å². The summed E-state index contributed by atoms with van der Waals surface area (Å²) < 4.78 is 11.1.